The Morgan fingerprint density at radius 3 is 2.31 bits per heavy atom. The molecule has 0 saturated carbocycles. The number of benzene rings is 1. The Bertz CT molecular complexity index is 1320. The second kappa shape index (κ2) is 13.2. The summed E-state index contributed by atoms with van der Waals surface area (Å²) in [7, 11) is 0. The van der Waals surface area contributed by atoms with Crippen LogP contribution in [0.15, 0.2) is 85.2 Å². The number of aliphatic carboxylic acids is 1. The monoisotopic (exact) mass is 522 g/mol. The van der Waals surface area contributed by atoms with Crippen LogP contribution in [0.4, 0.5) is 5.82 Å². The second-order valence-electron chi connectivity index (χ2n) is 7.66. The first-order valence-electron chi connectivity index (χ1n) is 11.0. The number of carbonyl (C=O) groups is 2. The quantitative estimate of drug-likeness (QED) is 0.337. The van der Waals surface area contributed by atoms with Gasteiger partial charge in [0.1, 0.15) is 11.6 Å². The van der Waals surface area contributed by atoms with Gasteiger partial charge in [0, 0.05) is 30.1 Å². The minimum Gasteiger partial charge on any atom is -0.481 e. The van der Waals surface area contributed by atoms with Gasteiger partial charge < -0.3 is 15.4 Å². The van der Waals surface area contributed by atoms with E-state index in [1.54, 1.807) is 61.7 Å². The zero-order chi connectivity index (χ0) is 25.9. The number of carbonyl (C=O) groups excluding carboxylic acids is 1. The van der Waals surface area contributed by atoms with E-state index in [-0.39, 0.29) is 12.3 Å². The lowest BCUT2D eigenvalue weighted by Gasteiger charge is -2.09. The summed E-state index contributed by atoms with van der Waals surface area (Å²) in [6, 6.07) is 20.9. The lowest BCUT2D eigenvalue weighted by Crippen LogP contribution is -2.12. The van der Waals surface area contributed by atoms with Crippen LogP contribution in [0.2, 0.25) is 10.0 Å². The van der Waals surface area contributed by atoms with Crippen molar-refractivity contribution in [3.8, 4) is 11.4 Å². The van der Waals surface area contributed by atoms with E-state index >= 15 is 0 Å². The van der Waals surface area contributed by atoms with Crippen molar-refractivity contribution >= 4 is 40.9 Å². The Labute approximate surface area is 218 Å². The predicted molar refractivity (Wildman–Crippen MR) is 142 cm³/mol. The maximum atomic E-state index is 13.0. The van der Waals surface area contributed by atoms with Crippen LogP contribution in [0.1, 0.15) is 28.0 Å². The summed E-state index contributed by atoms with van der Waals surface area (Å²) in [4.78, 5) is 35.7. The summed E-state index contributed by atoms with van der Waals surface area (Å²) >= 11 is 13.0. The van der Waals surface area contributed by atoms with Crippen LogP contribution in [0.3, 0.4) is 0 Å². The molecular weight excluding hydrogens is 499 g/mol. The van der Waals surface area contributed by atoms with Gasteiger partial charge in [0.2, 0.25) is 0 Å². The standard InChI is InChI=1S/C27H24Cl2N4O3/c1-18-15-20(27(36)33-23-10-6-4-2-3-5-7-13-30-23)9-8-14-31-26(32-18)25-21(28)16-19(17-22(25)29)11-12-24(34)35/h2-10,13-17H,11-12H2,1H3,(H,31,32)(H,34,35)(H,30,33,36). The topological polar surface area (TPSA) is 108 Å². The van der Waals surface area contributed by atoms with Gasteiger partial charge in [-0.2, -0.15) is 0 Å². The van der Waals surface area contributed by atoms with Crippen LogP contribution in [-0.4, -0.2) is 31.9 Å². The molecule has 3 rings (SSSR count). The molecule has 0 aliphatic heterocycles. The molecule has 0 fully saturated rings. The normalized spacial score (nSPS) is 10.1. The highest BCUT2D eigenvalue weighted by Gasteiger charge is 2.13. The number of aromatic amines is 1. The molecule has 2 heterocycles. The van der Waals surface area contributed by atoms with Crippen molar-refractivity contribution in [3.05, 3.63) is 112 Å². The number of hydrogen-bond acceptors (Lipinski definition) is 4. The average molecular weight is 523 g/mol. The van der Waals surface area contributed by atoms with Crippen molar-refractivity contribution in [1.82, 2.24) is 15.0 Å². The van der Waals surface area contributed by atoms with Crippen molar-refractivity contribution in [3.63, 3.8) is 0 Å². The van der Waals surface area contributed by atoms with E-state index in [1.807, 2.05) is 24.3 Å². The molecule has 0 aliphatic carbocycles. The summed E-state index contributed by atoms with van der Waals surface area (Å²) < 4.78 is 0. The molecule has 0 bridgehead atoms. The summed E-state index contributed by atoms with van der Waals surface area (Å²) in [5.41, 5.74) is 2.18. The molecule has 0 radical (unpaired) electrons. The zero-order valence-electron chi connectivity index (χ0n) is 19.4. The third-order valence-electron chi connectivity index (χ3n) is 4.83. The fourth-order valence-electron chi connectivity index (χ4n) is 3.20. The molecule has 0 unspecified atom stereocenters. The molecule has 3 aromatic rings. The summed E-state index contributed by atoms with van der Waals surface area (Å²) in [6.45, 7) is 1.78. The van der Waals surface area contributed by atoms with Crippen LogP contribution in [0.5, 0.6) is 0 Å². The predicted octanol–water partition coefficient (Wildman–Crippen LogP) is 6.61. The fraction of sp³-hybridized carbons (Fsp3) is 0.111. The molecule has 7 nitrogen and oxygen atoms in total. The van der Waals surface area contributed by atoms with Gasteiger partial charge in [-0.15, -0.1) is 0 Å². The first-order valence-corrected chi connectivity index (χ1v) is 11.7. The number of aromatic nitrogens is 3. The average Bonchev–Trinajstić information content (AvgIpc) is 2.91. The molecule has 0 atom stereocenters. The smallest absolute Gasteiger partial charge is 0.303 e. The van der Waals surface area contributed by atoms with Crippen LogP contribution >= 0.6 is 23.2 Å². The highest BCUT2D eigenvalue weighted by atomic mass is 35.5. The Balaban J connectivity index is 1.95. The Morgan fingerprint density at radius 2 is 1.58 bits per heavy atom. The first-order chi connectivity index (χ1) is 17.3. The Morgan fingerprint density at radius 1 is 0.917 bits per heavy atom. The van der Waals surface area contributed by atoms with E-state index in [4.69, 9.17) is 28.3 Å². The van der Waals surface area contributed by atoms with Crippen molar-refractivity contribution in [1.29, 1.82) is 0 Å². The molecule has 36 heavy (non-hydrogen) atoms. The third-order valence-corrected chi connectivity index (χ3v) is 5.43. The number of hydrogen-bond donors (Lipinski definition) is 3. The van der Waals surface area contributed by atoms with Crippen LogP contribution in [0, 0.1) is 6.92 Å². The molecule has 1 amide bonds. The maximum Gasteiger partial charge on any atom is 0.303 e. The number of nitrogens with one attached hydrogen (secondary N) is 2. The highest BCUT2D eigenvalue weighted by Crippen LogP contribution is 2.34. The number of carboxylic acid groups (broad SMARTS) is 1. The summed E-state index contributed by atoms with van der Waals surface area (Å²) in [6.07, 6.45) is 3.39. The van der Waals surface area contributed by atoms with E-state index in [1.165, 1.54) is 6.20 Å². The third kappa shape index (κ3) is 8.08. The molecule has 1 aromatic carbocycles. The van der Waals surface area contributed by atoms with Gasteiger partial charge >= 0.3 is 5.97 Å². The number of carboxylic acids is 1. The molecule has 2 aromatic heterocycles. The maximum absolute atomic E-state index is 13.0. The Hall–Kier alpha value is -3.94. The van der Waals surface area contributed by atoms with Gasteiger partial charge in [-0.25, -0.2) is 9.97 Å². The van der Waals surface area contributed by atoms with Crippen LogP contribution in [0.25, 0.3) is 11.4 Å². The lowest BCUT2D eigenvalue weighted by atomic mass is 10.1. The number of H-pyrrole nitrogens is 1. The van der Waals surface area contributed by atoms with Crippen molar-refractivity contribution in [2.75, 3.05) is 5.32 Å². The number of rotatable bonds is 6. The molecule has 184 valence electrons. The van der Waals surface area contributed by atoms with E-state index < -0.39 is 5.97 Å². The van der Waals surface area contributed by atoms with E-state index in [0.29, 0.717) is 50.5 Å². The van der Waals surface area contributed by atoms with Crippen LogP contribution in [-0.2, 0) is 11.2 Å². The minimum absolute atomic E-state index is 0.0292. The SMILES string of the molecule is Cc1cc(C(=O)Nc2ccccccccn2)cccnc(-c2c(Cl)cc(CCC(=O)O)cc2Cl)[nH]1. The Kier molecular flexibility index (Phi) is 9.80. The lowest BCUT2D eigenvalue weighted by molar-refractivity contribution is -0.136. The molecule has 3 N–H and O–H groups in total. The van der Waals surface area contributed by atoms with Crippen molar-refractivity contribution in [2.45, 2.75) is 19.8 Å². The van der Waals surface area contributed by atoms with Gasteiger partial charge in [-0.05, 0) is 61.4 Å². The highest BCUT2D eigenvalue weighted by molar-refractivity contribution is 6.39. The minimum atomic E-state index is -0.902. The van der Waals surface area contributed by atoms with Gasteiger partial charge in [-0.1, -0.05) is 53.5 Å². The number of anilines is 1. The largest absolute Gasteiger partial charge is 0.481 e. The zero-order valence-corrected chi connectivity index (χ0v) is 20.9. The van der Waals surface area contributed by atoms with Crippen molar-refractivity contribution < 1.29 is 14.7 Å². The van der Waals surface area contributed by atoms with Gasteiger partial charge in [0.25, 0.3) is 5.91 Å². The summed E-state index contributed by atoms with van der Waals surface area (Å²) in [5, 5.41) is 12.4. The van der Waals surface area contributed by atoms with Crippen LogP contribution < -0.4 is 5.32 Å². The second-order valence-corrected chi connectivity index (χ2v) is 8.48. The molecule has 0 spiro atoms. The fourth-order valence-corrected chi connectivity index (χ4v) is 3.91. The number of nitrogens with zero attached hydrogens (tertiary/aromatic N) is 2. The molecular formula is C27H24Cl2N4O3. The number of amides is 1. The van der Waals surface area contributed by atoms with E-state index in [9.17, 15) is 9.59 Å². The van der Waals surface area contributed by atoms with E-state index in [0.717, 1.165) is 0 Å². The molecule has 0 saturated heterocycles. The van der Waals surface area contributed by atoms with Crippen molar-refractivity contribution in [2.24, 2.45) is 0 Å². The van der Waals surface area contributed by atoms with Gasteiger partial charge in [0.05, 0.1) is 15.6 Å². The first kappa shape index (κ1) is 26.7. The molecule has 9 heteroatoms. The van der Waals surface area contributed by atoms with Gasteiger partial charge in [-0.3, -0.25) is 9.59 Å². The summed E-state index contributed by atoms with van der Waals surface area (Å²) in [5.74, 6) is -0.477. The molecule has 0 aliphatic rings. The number of aryl methyl sites for hydroxylation is 2. The number of halogens is 2. The van der Waals surface area contributed by atoms with Gasteiger partial charge in [0.15, 0.2) is 0 Å². The van der Waals surface area contributed by atoms with E-state index in [2.05, 4.69) is 20.3 Å².